The van der Waals surface area contributed by atoms with Gasteiger partial charge in [0.15, 0.2) is 5.13 Å². The molecule has 1 amide bonds. The number of fused-ring (bicyclic) bond motifs is 1. The molecule has 0 spiro atoms. The van der Waals surface area contributed by atoms with E-state index in [2.05, 4.69) is 28.2 Å². The third-order valence-electron chi connectivity index (χ3n) is 4.78. The van der Waals surface area contributed by atoms with Gasteiger partial charge in [0.05, 0.1) is 28.4 Å². The molecule has 0 fully saturated rings. The molecule has 0 N–H and O–H groups in total. The van der Waals surface area contributed by atoms with E-state index in [1.807, 2.05) is 50.2 Å². The number of pyridine rings is 1. The predicted octanol–water partition coefficient (Wildman–Crippen LogP) is 5.74. The van der Waals surface area contributed by atoms with Gasteiger partial charge in [0.1, 0.15) is 5.52 Å². The van der Waals surface area contributed by atoms with Gasteiger partial charge in [-0.15, -0.1) is 0 Å². The van der Waals surface area contributed by atoms with E-state index in [9.17, 15) is 4.79 Å². The maximum atomic E-state index is 13.4. The lowest BCUT2D eigenvalue weighted by molar-refractivity contribution is -0.118. The van der Waals surface area contributed by atoms with Gasteiger partial charge in [-0.25, -0.2) is 4.98 Å². The Morgan fingerprint density at radius 2 is 1.97 bits per heavy atom. The highest BCUT2D eigenvalue weighted by Gasteiger charge is 2.22. The lowest BCUT2D eigenvalue weighted by atomic mass is 10.0. The number of carbonyl (C=O) groups excluding carboxylic acids is 1. The quantitative estimate of drug-likeness (QED) is 0.413. The van der Waals surface area contributed by atoms with Gasteiger partial charge in [-0.1, -0.05) is 58.8 Å². The van der Waals surface area contributed by atoms with Crippen LogP contribution in [0.2, 0.25) is 5.02 Å². The Hall–Kier alpha value is -2.76. The number of carbonyl (C=O) groups is 1. The lowest BCUT2D eigenvalue weighted by Gasteiger charge is -2.20. The first-order chi connectivity index (χ1) is 14.0. The van der Waals surface area contributed by atoms with Crippen LogP contribution in [-0.4, -0.2) is 15.9 Å². The van der Waals surface area contributed by atoms with Gasteiger partial charge < -0.3 is 0 Å². The average molecular weight is 422 g/mol. The van der Waals surface area contributed by atoms with Crippen molar-refractivity contribution in [2.75, 3.05) is 4.90 Å². The largest absolute Gasteiger partial charge is 0.282 e. The molecule has 0 aliphatic rings. The van der Waals surface area contributed by atoms with Crippen LogP contribution < -0.4 is 4.90 Å². The van der Waals surface area contributed by atoms with Crippen LogP contribution in [0, 0.1) is 13.8 Å². The number of aromatic nitrogens is 2. The van der Waals surface area contributed by atoms with Crippen LogP contribution in [0.1, 0.15) is 22.4 Å². The van der Waals surface area contributed by atoms with Crippen LogP contribution in [0.15, 0.2) is 60.8 Å². The standard InChI is InChI=1S/C23H20ClN3OS/c1-15-9-10-16(2)17(12-15)13-21(28)27(14-18-6-3-4-11-25-18)23-26-22-19(24)7-5-8-20(22)29-23/h3-12H,13-14H2,1-2H3. The Morgan fingerprint density at radius 3 is 2.72 bits per heavy atom. The number of hydrogen-bond acceptors (Lipinski definition) is 4. The highest BCUT2D eigenvalue weighted by Crippen LogP contribution is 2.33. The maximum absolute atomic E-state index is 13.4. The molecule has 29 heavy (non-hydrogen) atoms. The summed E-state index contributed by atoms with van der Waals surface area (Å²) in [6.07, 6.45) is 2.04. The SMILES string of the molecule is Cc1ccc(C)c(CC(=O)N(Cc2ccccn2)c2nc3c(Cl)cccc3s2)c1. The number of anilines is 1. The van der Waals surface area contributed by atoms with Gasteiger partial charge in [-0.2, -0.15) is 0 Å². The van der Waals surface area contributed by atoms with Gasteiger partial charge in [0.25, 0.3) is 0 Å². The number of benzene rings is 2. The van der Waals surface area contributed by atoms with Crippen LogP contribution in [-0.2, 0) is 17.8 Å². The van der Waals surface area contributed by atoms with Gasteiger partial charge in [0.2, 0.25) is 5.91 Å². The zero-order valence-electron chi connectivity index (χ0n) is 16.2. The van der Waals surface area contributed by atoms with E-state index < -0.39 is 0 Å². The highest BCUT2D eigenvalue weighted by atomic mass is 35.5. The van der Waals surface area contributed by atoms with Crippen molar-refractivity contribution in [1.82, 2.24) is 9.97 Å². The Labute approximate surface area is 178 Å². The van der Waals surface area contributed by atoms with Crippen molar-refractivity contribution in [2.24, 2.45) is 0 Å². The molecule has 0 bridgehead atoms. The van der Waals surface area contributed by atoms with E-state index in [0.29, 0.717) is 23.1 Å². The summed E-state index contributed by atoms with van der Waals surface area (Å²) in [5, 5.41) is 1.22. The van der Waals surface area contributed by atoms with E-state index in [4.69, 9.17) is 11.6 Å². The molecule has 2 aromatic heterocycles. The number of thiazole rings is 1. The molecule has 0 unspecified atom stereocenters. The van der Waals surface area contributed by atoms with Crippen molar-refractivity contribution < 1.29 is 4.79 Å². The summed E-state index contributed by atoms with van der Waals surface area (Å²) in [4.78, 5) is 24.2. The molecular formula is C23H20ClN3OS. The number of rotatable bonds is 5. The number of halogens is 1. The number of aryl methyl sites for hydroxylation is 2. The molecule has 0 saturated carbocycles. The molecule has 0 radical (unpaired) electrons. The second-order valence-electron chi connectivity index (χ2n) is 6.99. The van der Waals surface area contributed by atoms with Crippen LogP contribution in [0.25, 0.3) is 10.2 Å². The molecule has 146 valence electrons. The molecule has 2 heterocycles. The van der Waals surface area contributed by atoms with Crippen molar-refractivity contribution in [3.05, 3.63) is 88.2 Å². The Bertz CT molecular complexity index is 1170. The first-order valence-corrected chi connectivity index (χ1v) is 10.5. The summed E-state index contributed by atoms with van der Waals surface area (Å²) in [6, 6.07) is 17.6. The minimum absolute atomic E-state index is 0.0143. The minimum atomic E-state index is -0.0143. The summed E-state index contributed by atoms with van der Waals surface area (Å²) in [5.41, 5.74) is 4.81. The van der Waals surface area contributed by atoms with E-state index in [1.165, 1.54) is 11.3 Å². The summed E-state index contributed by atoms with van der Waals surface area (Å²) in [6.45, 7) is 4.43. The van der Waals surface area contributed by atoms with Crippen LogP contribution in [0.5, 0.6) is 0 Å². The van der Waals surface area contributed by atoms with Gasteiger partial charge >= 0.3 is 0 Å². The van der Waals surface area contributed by atoms with Gasteiger partial charge in [0, 0.05) is 6.20 Å². The Morgan fingerprint density at radius 1 is 1.10 bits per heavy atom. The highest BCUT2D eigenvalue weighted by molar-refractivity contribution is 7.22. The van der Waals surface area contributed by atoms with Crippen LogP contribution in [0.3, 0.4) is 0 Å². The van der Waals surface area contributed by atoms with Gasteiger partial charge in [-0.05, 0) is 49.2 Å². The summed E-state index contributed by atoms with van der Waals surface area (Å²) in [5.74, 6) is -0.0143. The lowest BCUT2D eigenvalue weighted by Crippen LogP contribution is -2.32. The van der Waals surface area contributed by atoms with E-state index in [-0.39, 0.29) is 5.91 Å². The predicted molar refractivity (Wildman–Crippen MR) is 120 cm³/mol. The summed E-state index contributed by atoms with van der Waals surface area (Å²) < 4.78 is 0.957. The average Bonchev–Trinajstić information content (AvgIpc) is 3.15. The van der Waals surface area contributed by atoms with Crippen molar-refractivity contribution in [3.63, 3.8) is 0 Å². The van der Waals surface area contributed by atoms with Crippen molar-refractivity contribution in [1.29, 1.82) is 0 Å². The third-order valence-corrected chi connectivity index (χ3v) is 6.13. The molecule has 0 aliphatic heterocycles. The molecule has 4 nitrogen and oxygen atoms in total. The smallest absolute Gasteiger partial charge is 0.233 e. The number of hydrogen-bond donors (Lipinski definition) is 0. The van der Waals surface area contributed by atoms with Crippen LogP contribution >= 0.6 is 22.9 Å². The third kappa shape index (κ3) is 4.31. The number of amides is 1. The first-order valence-electron chi connectivity index (χ1n) is 9.33. The normalized spacial score (nSPS) is 11.0. The number of nitrogens with zero attached hydrogens (tertiary/aromatic N) is 3. The monoisotopic (exact) mass is 421 g/mol. The number of para-hydroxylation sites is 1. The zero-order valence-corrected chi connectivity index (χ0v) is 17.8. The molecule has 0 atom stereocenters. The first kappa shape index (κ1) is 19.6. The van der Waals surface area contributed by atoms with Crippen molar-refractivity contribution in [3.8, 4) is 0 Å². The Balaban J connectivity index is 1.72. The second-order valence-corrected chi connectivity index (χ2v) is 8.41. The minimum Gasteiger partial charge on any atom is -0.282 e. The molecule has 6 heteroatoms. The summed E-state index contributed by atoms with van der Waals surface area (Å²) >= 11 is 7.78. The van der Waals surface area contributed by atoms with Gasteiger partial charge in [-0.3, -0.25) is 14.7 Å². The zero-order chi connectivity index (χ0) is 20.4. The molecule has 4 rings (SSSR count). The van der Waals surface area contributed by atoms with E-state index in [0.717, 1.165) is 32.6 Å². The molecule has 0 saturated heterocycles. The van der Waals surface area contributed by atoms with E-state index >= 15 is 0 Å². The Kier molecular flexibility index (Phi) is 5.60. The molecule has 2 aromatic carbocycles. The molecular weight excluding hydrogens is 402 g/mol. The topological polar surface area (TPSA) is 46.1 Å². The molecule has 4 aromatic rings. The van der Waals surface area contributed by atoms with Crippen molar-refractivity contribution in [2.45, 2.75) is 26.8 Å². The van der Waals surface area contributed by atoms with E-state index in [1.54, 1.807) is 11.1 Å². The fraction of sp³-hybridized carbons (Fsp3) is 0.174. The maximum Gasteiger partial charge on any atom is 0.233 e. The fourth-order valence-corrected chi connectivity index (χ4v) is 4.47. The van der Waals surface area contributed by atoms with Crippen LogP contribution in [0.4, 0.5) is 5.13 Å². The van der Waals surface area contributed by atoms with Crippen molar-refractivity contribution >= 4 is 44.2 Å². The molecule has 0 aliphatic carbocycles. The second kappa shape index (κ2) is 8.31. The summed E-state index contributed by atoms with van der Waals surface area (Å²) in [7, 11) is 0. The fourth-order valence-electron chi connectivity index (χ4n) is 3.18.